The Morgan fingerprint density at radius 2 is 2.21 bits per heavy atom. The summed E-state index contributed by atoms with van der Waals surface area (Å²) in [7, 11) is 0. The molecule has 0 amide bonds. The van der Waals surface area contributed by atoms with Crippen molar-refractivity contribution in [3.8, 4) is 11.4 Å². The van der Waals surface area contributed by atoms with E-state index in [1.807, 2.05) is 12.1 Å². The molecule has 0 atom stereocenters. The predicted molar refractivity (Wildman–Crippen MR) is 63.7 cm³/mol. The van der Waals surface area contributed by atoms with Gasteiger partial charge >= 0.3 is 0 Å². The molecule has 0 spiro atoms. The Bertz CT molecular complexity index is 464. The van der Waals surface area contributed by atoms with Crippen molar-refractivity contribution in [2.24, 2.45) is 0 Å². The summed E-state index contributed by atoms with van der Waals surface area (Å²) in [6, 6.07) is 6.04. The van der Waals surface area contributed by atoms with E-state index in [-0.39, 0.29) is 5.95 Å². The fraction of sp³-hybridized carbons (Fsp3) is 0.111. The van der Waals surface area contributed by atoms with Crippen molar-refractivity contribution in [1.82, 2.24) is 15.2 Å². The molecule has 0 aliphatic rings. The van der Waals surface area contributed by atoms with E-state index in [0.717, 1.165) is 11.4 Å². The second-order valence-electron chi connectivity index (χ2n) is 2.95. The lowest BCUT2D eigenvalue weighted by Gasteiger charge is -2.03. The molecule has 72 valence electrons. The zero-order chi connectivity index (χ0) is 10.1. The minimum atomic E-state index is 0.276. The molecule has 2 rings (SSSR count). The van der Waals surface area contributed by atoms with E-state index in [1.54, 1.807) is 0 Å². The molecule has 0 radical (unpaired) electrons. The largest absolute Gasteiger partial charge is 0.366 e. The number of nitrogens with zero attached hydrogens (tertiary/aromatic N) is 2. The summed E-state index contributed by atoms with van der Waals surface area (Å²) in [5.74, 6) is 0.997. The number of nitrogens with two attached hydrogens (primary N) is 1. The van der Waals surface area contributed by atoms with Crippen molar-refractivity contribution in [3.63, 3.8) is 0 Å². The topological polar surface area (TPSA) is 67.6 Å². The van der Waals surface area contributed by atoms with E-state index in [9.17, 15) is 0 Å². The second kappa shape index (κ2) is 3.56. The van der Waals surface area contributed by atoms with Crippen LogP contribution in [0.2, 0.25) is 0 Å². The molecule has 0 saturated heterocycles. The third kappa shape index (κ3) is 1.59. The van der Waals surface area contributed by atoms with E-state index in [4.69, 9.17) is 5.73 Å². The molecule has 14 heavy (non-hydrogen) atoms. The van der Waals surface area contributed by atoms with Gasteiger partial charge in [0.1, 0.15) is 0 Å². The van der Waals surface area contributed by atoms with Gasteiger partial charge in [0.05, 0.1) is 0 Å². The van der Waals surface area contributed by atoms with Gasteiger partial charge < -0.3 is 5.73 Å². The first-order chi connectivity index (χ1) is 6.68. The number of hydrogen-bond acceptors (Lipinski definition) is 3. The quantitative estimate of drug-likeness (QED) is 0.791. The van der Waals surface area contributed by atoms with Gasteiger partial charge in [0.15, 0.2) is 5.82 Å². The molecule has 1 aromatic carbocycles. The number of halogens is 1. The first kappa shape index (κ1) is 9.45. The Hall–Kier alpha value is -1.11. The Balaban J connectivity index is 2.57. The summed E-state index contributed by atoms with van der Waals surface area (Å²) in [4.78, 5) is 4.09. The third-order valence-corrected chi connectivity index (χ3v) is 3.19. The molecular formula is C9H9IN4. The summed E-state index contributed by atoms with van der Waals surface area (Å²) in [5, 5.41) is 6.60. The van der Waals surface area contributed by atoms with Gasteiger partial charge in [-0.2, -0.15) is 4.98 Å². The van der Waals surface area contributed by atoms with Crippen LogP contribution in [0.5, 0.6) is 0 Å². The van der Waals surface area contributed by atoms with E-state index in [0.29, 0.717) is 0 Å². The maximum atomic E-state index is 5.45. The molecule has 5 heteroatoms. The zero-order valence-corrected chi connectivity index (χ0v) is 9.74. The van der Waals surface area contributed by atoms with Gasteiger partial charge in [0.25, 0.3) is 0 Å². The molecule has 0 bridgehead atoms. The molecule has 1 aromatic heterocycles. The van der Waals surface area contributed by atoms with Crippen molar-refractivity contribution in [2.45, 2.75) is 6.92 Å². The maximum Gasteiger partial charge on any atom is 0.239 e. The number of aromatic amines is 1. The SMILES string of the molecule is Cc1c(I)cccc1-c1nc(N)n[nH]1. The number of aromatic nitrogens is 3. The molecule has 2 aromatic rings. The molecular weight excluding hydrogens is 291 g/mol. The number of nitrogens with one attached hydrogen (secondary N) is 1. The Labute approximate surface area is 95.1 Å². The third-order valence-electron chi connectivity index (χ3n) is 2.03. The van der Waals surface area contributed by atoms with Gasteiger partial charge in [0, 0.05) is 9.13 Å². The summed E-state index contributed by atoms with van der Waals surface area (Å²) >= 11 is 2.29. The zero-order valence-electron chi connectivity index (χ0n) is 7.58. The van der Waals surface area contributed by atoms with Crippen molar-refractivity contribution in [1.29, 1.82) is 0 Å². The van der Waals surface area contributed by atoms with E-state index >= 15 is 0 Å². The van der Waals surface area contributed by atoms with Gasteiger partial charge in [-0.1, -0.05) is 12.1 Å². The highest BCUT2D eigenvalue weighted by Crippen LogP contribution is 2.23. The molecule has 0 unspecified atom stereocenters. The van der Waals surface area contributed by atoms with Crippen LogP contribution >= 0.6 is 22.6 Å². The summed E-state index contributed by atoms with van der Waals surface area (Å²) in [6.07, 6.45) is 0. The molecule has 0 saturated carbocycles. The normalized spacial score (nSPS) is 10.4. The number of anilines is 1. The van der Waals surface area contributed by atoms with E-state index in [2.05, 4.69) is 50.8 Å². The number of H-pyrrole nitrogens is 1. The van der Waals surface area contributed by atoms with Gasteiger partial charge in [-0.05, 0) is 41.1 Å². The standard InChI is InChI=1S/C9H9IN4/c1-5-6(3-2-4-7(5)10)8-12-9(11)14-13-8/h2-4H,1H3,(H3,11,12,13,14). The van der Waals surface area contributed by atoms with Crippen LogP contribution in [0.25, 0.3) is 11.4 Å². The minimum Gasteiger partial charge on any atom is -0.366 e. The van der Waals surface area contributed by atoms with E-state index < -0.39 is 0 Å². The first-order valence-electron chi connectivity index (χ1n) is 4.12. The molecule has 0 fully saturated rings. The Morgan fingerprint density at radius 3 is 2.86 bits per heavy atom. The predicted octanol–water partition coefficient (Wildman–Crippen LogP) is 1.97. The lowest BCUT2D eigenvalue weighted by molar-refractivity contribution is 1.10. The summed E-state index contributed by atoms with van der Waals surface area (Å²) < 4.78 is 1.20. The van der Waals surface area contributed by atoms with Crippen LogP contribution in [0.4, 0.5) is 5.95 Å². The summed E-state index contributed by atoms with van der Waals surface area (Å²) in [5.41, 5.74) is 7.68. The highest BCUT2D eigenvalue weighted by atomic mass is 127. The van der Waals surface area contributed by atoms with Crippen LogP contribution in [0.1, 0.15) is 5.56 Å². The van der Waals surface area contributed by atoms with Crippen LogP contribution in [0.3, 0.4) is 0 Å². The van der Waals surface area contributed by atoms with E-state index in [1.165, 1.54) is 9.13 Å². The van der Waals surface area contributed by atoms with Crippen LogP contribution in [-0.4, -0.2) is 15.2 Å². The number of benzene rings is 1. The van der Waals surface area contributed by atoms with Crippen LogP contribution in [-0.2, 0) is 0 Å². The van der Waals surface area contributed by atoms with Crippen molar-refractivity contribution >= 4 is 28.5 Å². The fourth-order valence-electron chi connectivity index (χ4n) is 1.26. The molecule has 0 aliphatic heterocycles. The average Bonchev–Trinajstić information content (AvgIpc) is 2.57. The minimum absolute atomic E-state index is 0.276. The number of rotatable bonds is 1. The molecule has 0 aliphatic carbocycles. The lowest BCUT2D eigenvalue weighted by Crippen LogP contribution is -1.89. The summed E-state index contributed by atoms with van der Waals surface area (Å²) in [6.45, 7) is 2.05. The van der Waals surface area contributed by atoms with Gasteiger partial charge in [-0.25, -0.2) is 0 Å². The van der Waals surface area contributed by atoms with Gasteiger partial charge in [-0.3, -0.25) is 5.10 Å². The molecule has 1 heterocycles. The van der Waals surface area contributed by atoms with Crippen LogP contribution in [0.15, 0.2) is 18.2 Å². The number of hydrogen-bond donors (Lipinski definition) is 2. The van der Waals surface area contributed by atoms with Crippen LogP contribution < -0.4 is 5.73 Å². The maximum absolute atomic E-state index is 5.45. The fourth-order valence-corrected chi connectivity index (χ4v) is 1.76. The average molecular weight is 300 g/mol. The monoisotopic (exact) mass is 300 g/mol. The smallest absolute Gasteiger partial charge is 0.239 e. The highest BCUT2D eigenvalue weighted by Gasteiger charge is 2.07. The molecule has 4 nitrogen and oxygen atoms in total. The number of nitrogen functional groups attached to an aromatic ring is 1. The molecule has 3 N–H and O–H groups in total. The highest BCUT2D eigenvalue weighted by molar-refractivity contribution is 14.1. The van der Waals surface area contributed by atoms with Gasteiger partial charge in [0.2, 0.25) is 5.95 Å². The van der Waals surface area contributed by atoms with Crippen LogP contribution in [0, 0.1) is 10.5 Å². The second-order valence-corrected chi connectivity index (χ2v) is 4.12. The van der Waals surface area contributed by atoms with Crippen molar-refractivity contribution < 1.29 is 0 Å². The first-order valence-corrected chi connectivity index (χ1v) is 5.19. The lowest BCUT2D eigenvalue weighted by atomic mass is 10.1. The van der Waals surface area contributed by atoms with Gasteiger partial charge in [-0.15, -0.1) is 5.10 Å². The Morgan fingerprint density at radius 1 is 1.43 bits per heavy atom. The van der Waals surface area contributed by atoms with Crippen molar-refractivity contribution in [2.75, 3.05) is 5.73 Å². The van der Waals surface area contributed by atoms with Crippen molar-refractivity contribution in [3.05, 3.63) is 27.3 Å². The Kier molecular flexibility index (Phi) is 2.40.